The van der Waals surface area contributed by atoms with Gasteiger partial charge in [0.1, 0.15) is 0 Å². The SMILES string of the molecule is O=C(O)C(F)(F)C(F)(F)C(F)(F)C(=O)N(c1nccs1)c1nccs1. The first-order valence-electron chi connectivity index (χ1n) is 5.95. The normalized spacial score (nSPS) is 12.9. The molecular formula is C11H5F6N3O3S2. The molecule has 0 unspecified atom stereocenters. The summed E-state index contributed by atoms with van der Waals surface area (Å²) in [6, 6.07) is 0. The molecule has 0 radical (unpaired) electrons. The number of hydrogen-bond donors (Lipinski definition) is 1. The van der Waals surface area contributed by atoms with Crippen LogP contribution >= 0.6 is 22.7 Å². The molecule has 0 atom stereocenters. The zero-order valence-corrected chi connectivity index (χ0v) is 13.1. The largest absolute Gasteiger partial charge is 0.477 e. The van der Waals surface area contributed by atoms with E-state index in [1.165, 1.54) is 10.8 Å². The standard InChI is InChI=1S/C11H5F6N3O3S2/c12-9(13,11(16,17)10(14,15)6(22)23)5(21)20(7-18-1-3-24-7)8-19-2-4-25-8/h1-4H,(H,22,23). The molecule has 0 fully saturated rings. The van der Waals surface area contributed by atoms with Crippen LogP contribution in [0, 0.1) is 0 Å². The van der Waals surface area contributed by atoms with Crippen LogP contribution in [0.25, 0.3) is 0 Å². The van der Waals surface area contributed by atoms with Crippen LogP contribution in [0.3, 0.4) is 0 Å². The first kappa shape index (κ1) is 19.1. The second-order valence-electron chi connectivity index (χ2n) is 4.30. The number of alkyl halides is 6. The van der Waals surface area contributed by atoms with Gasteiger partial charge in [-0.15, -0.1) is 22.7 Å². The van der Waals surface area contributed by atoms with E-state index in [9.17, 15) is 35.9 Å². The Morgan fingerprint density at radius 3 is 1.68 bits per heavy atom. The summed E-state index contributed by atoms with van der Waals surface area (Å²) in [6.45, 7) is 0. The zero-order valence-electron chi connectivity index (χ0n) is 11.5. The van der Waals surface area contributed by atoms with E-state index in [1.807, 2.05) is 0 Å². The summed E-state index contributed by atoms with van der Waals surface area (Å²) in [7, 11) is 0. The maximum absolute atomic E-state index is 14.0. The minimum atomic E-state index is -6.50. The summed E-state index contributed by atoms with van der Waals surface area (Å²) in [4.78, 5) is 29.2. The maximum atomic E-state index is 14.0. The number of amides is 1. The summed E-state index contributed by atoms with van der Waals surface area (Å²) in [6.07, 6.45) is 2.10. The topological polar surface area (TPSA) is 83.4 Å². The fourth-order valence-corrected chi connectivity index (χ4v) is 2.85. The van der Waals surface area contributed by atoms with Crippen LogP contribution in [-0.2, 0) is 9.59 Å². The van der Waals surface area contributed by atoms with Gasteiger partial charge >= 0.3 is 29.6 Å². The molecule has 1 N–H and O–H groups in total. The Morgan fingerprint density at radius 2 is 1.36 bits per heavy atom. The van der Waals surface area contributed by atoms with E-state index in [1.54, 1.807) is 0 Å². The maximum Gasteiger partial charge on any atom is 0.411 e. The third-order valence-corrected chi connectivity index (χ3v) is 4.26. The van der Waals surface area contributed by atoms with E-state index in [4.69, 9.17) is 5.11 Å². The van der Waals surface area contributed by atoms with Crippen LogP contribution in [-0.4, -0.2) is 44.7 Å². The molecule has 6 nitrogen and oxygen atoms in total. The third kappa shape index (κ3) is 2.95. The van der Waals surface area contributed by atoms with Crippen LogP contribution in [0.5, 0.6) is 0 Å². The molecule has 2 aromatic heterocycles. The fourth-order valence-electron chi connectivity index (χ4n) is 1.51. The van der Waals surface area contributed by atoms with Gasteiger partial charge in [-0.3, -0.25) is 4.79 Å². The Balaban J connectivity index is 2.53. The molecule has 0 aliphatic heterocycles. The van der Waals surface area contributed by atoms with Crippen molar-refractivity contribution in [3.05, 3.63) is 23.2 Å². The quantitative estimate of drug-likeness (QED) is 0.746. The number of carboxylic acids is 1. The number of hydrogen-bond acceptors (Lipinski definition) is 6. The molecule has 2 aromatic rings. The molecule has 0 aromatic carbocycles. The van der Waals surface area contributed by atoms with Crippen molar-refractivity contribution in [2.24, 2.45) is 0 Å². The Hall–Kier alpha value is -2.22. The summed E-state index contributed by atoms with van der Waals surface area (Å²) >= 11 is 1.15. The van der Waals surface area contributed by atoms with Gasteiger partial charge in [0.15, 0.2) is 10.3 Å². The number of carbonyl (C=O) groups is 2. The van der Waals surface area contributed by atoms with Crippen molar-refractivity contribution in [3.63, 3.8) is 0 Å². The molecule has 14 heteroatoms. The molecule has 2 heterocycles. The van der Waals surface area contributed by atoms with Crippen molar-refractivity contribution in [1.82, 2.24) is 9.97 Å². The first-order valence-corrected chi connectivity index (χ1v) is 7.71. The molecular weight excluding hydrogens is 400 g/mol. The lowest BCUT2D eigenvalue weighted by Crippen LogP contribution is -2.63. The Morgan fingerprint density at radius 1 is 0.920 bits per heavy atom. The van der Waals surface area contributed by atoms with E-state index in [-0.39, 0.29) is 4.90 Å². The fraction of sp³-hybridized carbons (Fsp3) is 0.273. The Labute approximate surface area is 142 Å². The average Bonchev–Trinajstić information content (AvgIpc) is 3.20. The number of halogens is 6. The first-order chi connectivity index (χ1) is 11.4. The van der Waals surface area contributed by atoms with Gasteiger partial charge in [0.2, 0.25) is 0 Å². The van der Waals surface area contributed by atoms with Gasteiger partial charge in [0, 0.05) is 23.2 Å². The highest BCUT2D eigenvalue weighted by molar-refractivity contribution is 7.16. The number of aliphatic carboxylic acids is 1. The number of carbonyl (C=O) groups excluding carboxylic acids is 1. The molecule has 0 aliphatic carbocycles. The van der Waals surface area contributed by atoms with E-state index in [0.717, 1.165) is 12.4 Å². The van der Waals surface area contributed by atoms with Gasteiger partial charge in [-0.05, 0) is 0 Å². The van der Waals surface area contributed by atoms with Gasteiger partial charge in [0.25, 0.3) is 0 Å². The number of aromatic nitrogens is 2. The second kappa shape index (κ2) is 6.25. The van der Waals surface area contributed by atoms with Gasteiger partial charge in [-0.25, -0.2) is 19.7 Å². The molecule has 0 saturated heterocycles. The molecule has 0 saturated carbocycles. The lowest BCUT2D eigenvalue weighted by Gasteiger charge is -2.31. The zero-order chi connectivity index (χ0) is 19.0. The number of thiazole rings is 2. The van der Waals surface area contributed by atoms with Crippen molar-refractivity contribution < 1.29 is 41.0 Å². The van der Waals surface area contributed by atoms with Crippen molar-refractivity contribution in [1.29, 1.82) is 0 Å². The van der Waals surface area contributed by atoms with E-state index < -0.39 is 39.9 Å². The molecule has 0 spiro atoms. The van der Waals surface area contributed by atoms with Crippen molar-refractivity contribution in [2.75, 3.05) is 4.90 Å². The number of anilines is 2. The predicted octanol–water partition coefficient (Wildman–Crippen LogP) is 3.25. The average molecular weight is 405 g/mol. The summed E-state index contributed by atoms with van der Waals surface area (Å²) in [5.41, 5.74) is 0. The van der Waals surface area contributed by atoms with Crippen LogP contribution in [0.2, 0.25) is 0 Å². The van der Waals surface area contributed by atoms with Gasteiger partial charge < -0.3 is 5.11 Å². The second-order valence-corrected chi connectivity index (χ2v) is 6.04. The van der Waals surface area contributed by atoms with E-state index >= 15 is 0 Å². The molecule has 0 bridgehead atoms. The Bertz CT molecular complexity index is 732. The highest BCUT2D eigenvalue weighted by Crippen LogP contribution is 2.48. The van der Waals surface area contributed by atoms with Crippen LogP contribution < -0.4 is 4.90 Å². The highest BCUT2D eigenvalue weighted by atomic mass is 32.1. The predicted molar refractivity (Wildman–Crippen MR) is 73.9 cm³/mol. The summed E-state index contributed by atoms with van der Waals surface area (Å²) < 4.78 is 81.2. The molecule has 136 valence electrons. The van der Waals surface area contributed by atoms with Gasteiger partial charge in [0.05, 0.1) is 0 Å². The molecule has 0 aliphatic rings. The monoisotopic (exact) mass is 405 g/mol. The number of nitrogens with zero attached hydrogens (tertiary/aromatic N) is 3. The van der Waals surface area contributed by atoms with Crippen LogP contribution in [0.1, 0.15) is 0 Å². The van der Waals surface area contributed by atoms with E-state index in [0.29, 0.717) is 22.7 Å². The van der Waals surface area contributed by atoms with Crippen molar-refractivity contribution >= 4 is 44.8 Å². The third-order valence-electron chi connectivity index (χ3n) is 2.75. The van der Waals surface area contributed by atoms with Crippen molar-refractivity contribution in [3.8, 4) is 0 Å². The smallest absolute Gasteiger partial charge is 0.411 e. The van der Waals surface area contributed by atoms with E-state index in [2.05, 4.69) is 9.97 Å². The summed E-state index contributed by atoms with van der Waals surface area (Å²) in [5, 5.41) is 9.48. The summed E-state index contributed by atoms with van der Waals surface area (Å²) in [5.74, 6) is -25.0. The molecule has 1 amide bonds. The highest BCUT2D eigenvalue weighted by Gasteiger charge is 2.79. The Kier molecular flexibility index (Phi) is 4.78. The van der Waals surface area contributed by atoms with Crippen LogP contribution in [0.4, 0.5) is 36.6 Å². The van der Waals surface area contributed by atoms with Crippen LogP contribution in [0.15, 0.2) is 23.2 Å². The number of rotatable bonds is 6. The van der Waals surface area contributed by atoms with Gasteiger partial charge in [-0.1, -0.05) is 0 Å². The lowest BCUT2D eigenvalue weighted by molar-refractivity contribution is -0.291. The number of carboxylic acid groups (broad SMARTS) is 1. The molecule has 25 heavy (non-hydrogen) atoms. The molecule has 2 rings (SSSR count). The minimum absolute atomic E-state index is 0.0683. The van der Waals surface area contributed by atoms with Crippen molar-refractivity contribution in [2.45, 2.75) is 17.8 Å². The van der Waals surface area contributed by atoms with Gasteiger partial charge in [-0.2, -0.15) is 26.3 Å². The lowest BCUT2D eigenvalue weighted by atomic mass is 10.0. The minimum Gasteiger partial charge on any atom is -0.477 e.